The van der Waals surface area contributed by atoms with E-state index in [1.807, 2.05) is 17.0 Å². The smallest absolute Gasteiger partial charge is 0.321 e. The Morgan fingerprint density at radius 2 is 1.65 bits per heavy atom. The van der Waals surface area contributed by atoms with Crippen molar-refractivity contribution in [1.29, 1.82) is 0 Å². The monoisotopic (exact) mass is 502 g/mol. The largest absolute Gasteiger partial charge is 0.391 e. The third-order valence-electron chi connectivity index (χ3n) is 7.84. The zero-order valence-electron chi connectivity index (χ0n) is 21.1. The highest BCUT2D eigenvalue weighted by atomic mass is 16.5. The molecule has 9 nitrogen and oxygen atoms in total. The number of aromatic nitrogens is 2. The van der Waals surface area contributed by atoms with Crippen molar-refractivity contribution in [3.05, 3.63) is 54.5 Å². The second-order valence-electron chi connectivity index (χ2n) is 10.2. The number of fused-ring (bicyclic) bond motifs is 1. The number of carbonyl (C=O) groups excluding carboxylic acids is 1. The number of benzene rings is 2. The Kier molecular flexibility index (Phi) is 6.80. The van der Waals surface area contributed by atoms with Crippen molar-refractivity contribution in [3.8, 4) is 0 Å². The van der Waals surface area contributed by atoms with Crippen LogP contribution in [0.15, 0.2) is 48.8 Å². The lowest BCUT2D eigenvalue weighted by molar-refractivity contribution is 0.122. The van der Waals surface area contributed by atoms with Crippen molar-refractivity contribution < 1.29 is 14.6 Å². The summed E-state index contributed by atoms with van der Waals surface area (Å²) in [5.41, 5.74) is 5.07. The Labute approximate surface area is 217 Å². The van der Waals surface area contributed by atoms with Gasteiger partial charge in [0.25, 0.3) is 0 Å². The first-order valence-corrected chi connectivity index (χ1v) is 13.3. The molecule has 0 saturated carbocycles. The van der Waals surface area contributed by atoms with Gasteiger partial charge in [-0.2, -0.15) is 0 Å². The number of hydrogen-bond acceptors (Lipinski definition) is 7. The topological polar surface area (TPSA) is 94.1 Å². The summed E-state index contributed by atoms with van der Waals surface area (Å²) in [7, 11) is 0. The lowest BCUT2D eigenvalue weighted by Gasteiger charge is -2.32. The van der Waals surface area contributed by atoms with Crippen LogP contribution in [-0.4, -0.2) is 84.6 Å². The number of amides is 2. The predicted molar refractivity (Wildman–Crippen MR) is 144 cm³/mol. The number of morpholine rings is 1. The van der Waals surface area contributed by atoms with Crippen LogP contribution >= 0.6 is 0 Å². The molecule has 3 aliphatic heterocycles. The van der Waals surface area contributed by atoms with Crippen molar-refractivity contribution in [2.45, 2.75) is 31.3 Å². The van der Waals surface area contributed by atoms with Gasteiger partial charge in [0.05, 0.1) is 30.5 Å². The number of carbonyl (C=O) groups is 1. The number of piperidine rings is 1. The van der Waals surface area contributed by atoms with Gasteiger partial charge in [0.15, 0.2) is 0 Å². The maximum Gasteiger partial charge on any atom is 0.321 e. The molecule has 3 saturated heterocycles. The van der Waals surface area contributed by atoms with Crippen molar-refractivity contribution >= 4 is 34.0 Å². The minimum absolute atomic E-state index is 0.0532. The van der Waals surface area contributed by atoms with Crippen LogP contribution < -0.4 is 15.1 Å². The third kappa shape index (κ3) is 5.19. The van der Waals surface area contributed by atoms with E-state index in [-0.39, 0.29) is 12.1 Å². The molecule has 2 aromatic carbocycles. The van der Waals surface area contributed by atoms with Crippen molar-refractivity contribution in [1.82, 2.24) is 14.9 Å². The van der Waals surface area contributed by atoms with Crippen LogP contribution in [0.25, 0.3) is 10.9 Å². The molecule has 0 spiro atoms. The quantitative estimate of drug-likeness (QED) is 0.564. The van der Waals surface area contributed by atoms with Gasteiger partial charge in [-0.05, 0) is 61.7 Å². The fourth-order valence-corrected chi connectivity index (χ4v) is 5.70. The van der Waals surface area contributed by atoms with Gasteiger partial charge in [-0.1, -0.05) is 0 Å². The molecule has 0 bridgehead atoms. The zero-order chi connectivity index (χ0) is 25.2. The lowest BCUT2D eigenvalue weighted by atomic mass is 9.91. The van der Waals surface area contributed by atoms with Crippen LogP contribution in [0.1, 0.15) is 30.9 Å². The van der Waals surface area contributed by atoms with Gasteiger partial charge >= 0.3 is 6.03 Å². The fourth-order valence-electron chi connectivity index (χ4n) is 5.70. The number of nitrogens with one attached hydrogen (secondary N) is 1. The van der Waals surface area contributed by atoms with E-state index in [0.717, 1.165) is 85.8 Å². The molecule has 0 aliphatic carbocycles. The maximum atomic E-state index is 12.9. The molecule has 1 atom stereocenters. The van der Waals surface area contributed by atoms with Gasteiger partial charge in [0, 0.05) is 67.6 Å². The number of urea groups is 1. The van der Waals surface area contributed by atoms with Crippen LogP contribution in [0.4, 0.5) is 21.9 Å². The molecule has 4 heterocycles. The highest BCUT2D eigenvalue weighted by Gasteiger charge is 2.27. The SMILES string of the molecule is O=C(Nc1ccc(N2CCOCC2)cc1)N1CCC(c2ncnc3cc(N4CCC(O)C4)ccc23)CC1. The van der Waals surface area contributed by atoms with Gasteiger partial charge in [-0.15, -0.1) is 0 Å². The van der Waals surface area contributed by atoms with Crippen molar-refractivity contribution in [2.75, 3.05) is 67.6 Å². The molecule has 6 rings (SSSR count). The first-order valence-electron chi connectivity index (χ1n) is 13.3. The summed E-state index contributed by atoms with van der Waals surface area (Å²) in [4.78, 5) is 28.5. The van der Waals surface area contributed by atoms with E-state index < -0.39 is 0 Å². The third-order valence-corrected chi connectivity index (χ3v) is 7.84. The molecule has 194 valence electrons. The number of nitrogens with zero attached hydrogens (tertiary/aromatic N) is 5. The van der Waals surface area contributed by atoms with Gasteiger partial charge in [0.2, 0.25) is 0 Å². The van der Waals surface area contributed by atoms with Gasteiger partial charge in [-0.3, -0.25) is 0 Å². The molecule has 3 aromatic rings. The van der Waals surface area contributed by atoms with E-state index in [4.69, 9.17) is 4.74 Å². The number of anilines is 3. The highest BCUT2D eigenvalue weighted by Crippen LogP contribution is 2.33. The highest BCUT2D eigenvalue weighted by molar-refractivity contribution is 5.89. The summed E-state index contributed by atoms with van der Waals surface area (Å²) in [6.45, 7) is 6.21. The summed E-state index contributed by atoms with van der Waals surface area (Å²) >= 11 is 0. The maximum absolute atomic E-state index is 12.9. The fraction of sp³-hybridized carbons (Fsp3) is 0.464. The average Bonchev–Trinajstić information content (AvgIpc) is 3.39. The summed E-state index contributed by atoms with van der Waals surface area (Å²) in [6.07, 6.45) is 3.94. The Morgan fingerprint density at radius 1 is 0.892 bits per heavy atom. The number of hydrogen-bond donors (Lipinski definition) is 2. The standard InChI is InChI=1S/C28H34N6O3/c35-24-9-12-34(18-24)23-5-6-25-26(17-23)29-19-30-27(25)20-7-10-33(11-8-20)28(36)31-21-1-3-22(4-2-21)32-13-15-37-16-14-32/h1-6,17,19-20,24,35H,7-16,18H2,(H,31,36). The Hall–Kier alpha value is -3.43. The van der Waals surface area contributed by atoms with E-state index in [1.54, 1.807) is 6.33 Å². The number of ether oxygens (including phenoxy) is 1. The summed E-state index contributed by atoms with van der Waals surface area (Å²) in [5, 5.41) is 14.0. The second kappa shape index (κ2) is 10.5. The first kappa shape index (κ1) is 23.9. The van der Waals surface area contributed by atoms with E-state index in [9.17, 15) is 9.90 Å². The van der Waals surface area contributed by atoms with Crippen LogP contribution in [0.5, 0.6) is 0 Å². The number of likely N-dealkylation sites (tertiary alicyclic amines) is 1. The molecule has 3 fully saturated rings. The van der Waals surface area contributed by atoms with E-state index >= 15 is 0 Å². The molecule has 0 radical (unpaired) electrons. The molecular formula is C28H34N6O3. The van der Waals surface area contributed by atoms with Crippen molar-refractivity contribution in [3.63, 3.8) is 0 Å². The number of aliphatic hydroxyl groups is 1. The van der Waals surface area contributed by atoms with Crippen LogP contribution in [0, 0.1) is 0 Å². The molecule has 1 unspecified atom stereocenters. The zero-order valence-corrected chi connectivity index (χ0v) is 21.1. The Bertz CT molecular complexity index is 1240. The van der Waals surface area contributed by atoms with Crippen LogP contribution in [0.3, 0.4) is 0 Å². The minimum atomic E-state index is -0.256. The Balaban J connectivity index is 1.07. The van der Waals surface area contributed by atoms with E-state index in [2.05, 4.69) is 55.4 Å². The molecule has 3 aliphatic rings. The van der Waals surface area contributed by atoms with Gasteiger partial charge < -0.3 is 29.9 Å². The normalized spacial score (nSPS) is 21.0. The van der Waals surface area contributed by atoms with Gasteiger partial charge in [-0.25, -0.2) is 14.8 Å². The summed E-state index contributed by atoms with van der Waals surface area (Å²) < 4.78 is 5.43. The average molecular weight is 503 g/mol. The predicted octanol–water partition coefficient (Wildman–Crippen LogP) is 3.45. The number of β-amino-alcohol motifs (C(OH)–C–C–N with tert-alkyl or cyclic N) is 1. The molecule has 2 amide bonds. The molecule has 9 heteroatoms. The van der Waals surface area contributed by atoms with E-state index in [0.29, 0.717) is 25.6 Å². The summed E-state index contributed by atoms with van der Waals surface area (Å²) in [5.74, 6) is 0.293. The van der Waals surface area contributed by atoms with Crippen LogP contribution in [0.2, 0.25) is 0 Å². The molecular weight excluding hydrogens is 468 g/mol. The lowest BCUT2D eigenvalue weighted by Crippen LogP contribution is -2.40. The molecule has 1 aromatic heterocycles. The Morgan fingerprint density at radius 3 is 2.38 bits per heavy atom. The summed E-state index contributed by atoms with van der Waals surface area (Å²) in [6, 6.07) is 14.3. The first-order chi connectivity index (χ1) is 18.1. The van der Waals surface area contributed by atoms with Crippen molar-refractivity contribution in [2.24, 2.45) is 0 Å². The number of aliphatic hydroxyl groups excluding tert-OH is 1. The second-order valence-corrected chi connectivity index (χ2v) is 10.2. The molecule has 2 N–H and O–H groups in total. The van der Waals surface area contributed by atoms with Crippen LogP contribution in [-0.2, 0) is 4.74 Å². The van der Waals surface area contributed by atoms with Gasteiger partial charge in [0.1, 0.15) is 6.33 Å². The van der Waals surface area contributed by atoms with E-state index in [1.165, 1.54) is 0 Å². The minimum Gasteiger partial charge on any atom is -0.391 e. The molecule has 37 heavy (non-hydrogen) atoms. The number of rotatable bonds is 4.